The molecule has 4 nitrogen and oxygen atoms in total. The molecule has 4 aliphatic rings. The summed E-state index contributed by atoms with van der Waals surface area (Å²) in [6, 6.07) is 0.627. The monoisotopic (exact) mass is 286 g/mol. The molecule has 4 heteroatoms. The molecule has 0 amide bonds. The van der Waals surface area contributed by atoms with Crippen LogP contribution in [0.2, 0.25) is 0 Å². The molecular formula is C17H26N4. The summed E-state index contributed by atoms with van der Waals surface area (Å²) in [5.74, 6) is 1.46. The van der Waals surface area contributed by atoms with Crippen molar-refractivity contribution in [2.24, 2.45) is 5.73 Å². The number of nitrogens with zero attached hydrogens (tertiary/aromatic N) is 3. The Kier molecular flexibility index (Phi) is 3.12. The molecule has 4 rings (SSSR count). The van der Waals surface area contributed by atoms with Gasteiger partial charge in [-0.2, -0.15) is 0 Å². The molecule has 2 N–H and O–H groups in total. The van der Waals surface area contributed by atoms with Crippen LogP contribution in [0.3, 0.4) is 0 Å². The Morgan fingerprint density at radius 1 is 1.19 bits per heavy atom. The van der Waals surface area contributed by atoms with E-state index in [0.717, 1.165) is 39.0 Å². The van der Waals surface area contributed by atoms with Crippen molar-refractivity contribution in [2.75, 3.05) is 39.3 Å². The van der Waals surface area contributed by atoms with Gasteiger partial charge in [0.15, 0.2) is 0 Å². The van der Waals surface area contributed by atoms with Crippen LogP contribution in [-0.4, -0.2) is 65.5 Å². The molecule has 0 aromatic rings. The number of nitrogens with two attached hydrogens (primary N) is 1. The maximum absolute atomic E-state index is 6.25. The Labute approximate surface area is 127 Å². The van der Waals surface area contributed by atoms with Crippen molar-refractivity contribution in [3.8, 4) is 0 Å². The third-order valence-electron chi connectivity index (χ3n) is 5.39. The molecule has 0 unspecified atom stereocenters. The smallest absolute Gasteiger partial charge is 0.112 e. The van der Waals surface area contributed by atoms with Crippen molar-refractivity contribution >= 4 is 0 Å². The first kappa shape index (κ1) is 13.4. The SMILES string of the molecule is CC1(N)CCN(C[C@@H]2CN3CC=CC4=C3N2CC=C4)CC1. The van der Waals surface area contributed by atoms with Crippen LogP contribution in [0.1, 0.15) is 19.8 Å². The minimum Gasteiger partial charge on any atom is -0.352 e. The molecule has 114 valence electrons. The second kappa shape index (κ2) is 4.89. The van der Waals surface area contributed by atoms with Crippen LogP contribution < -0.4 is 5.73 Å². The van der Waals surface area contributed by atoms with Crippen LogP contribution in [-0.2, 0) is 0 Å². The van der Waals surface area contributed by atoms with Gasteiger partial charge >= 0.3 is 0 Å². The molecule has 2 saturated heterocycles. The largest absolute Gasteiger partial charge is 0.352 e. The average Bonchev–Trinajstić information content (AvgIpc) is 2.82. The topological polar surface area (TPSA) is 35.7 Å². The summed E-state index contributed by atoms with van der Waals surface area (Å²) in [4.78, 5) is 7.76. The van der Waals surface area contributed by atoms with Crippen molar-refractivity contribution in [1.82, 2.24) is 14.7 Å². The van der Waals surface area contributed by atoms with E-state index in [1.54, 1.807) is 0 Å². The van der Waals surface area contributed by atoms with Gasteiger partial charge in [-0.1, -0.05) is 24.3 Å². The molecule has 4 aliphatic heterocycles. The standard InChI is InChI=1S/C17H26N4/c1-17(18)6-10-19(11-7-17)12-15-13-20-8-2-4-14-5-3-9-21(15)16(14)20/h2-5,15H,6-13,18H2,1H3/t15-/m1/s1. The first-order valence-corrected chi connectivity index (χ1v) is 8.23. The number of rotatable bonds is 2. The Hall–Kier alpha value is -1.26. The first-order valence-electron chi connectivity index (χ1n) is 8.23. The highest BCUT2D eigenvalue weighted by Gasteiger charge is 2.38. The first-order chi connectivity index (χ1) is 10.1. The van der Waals surface area contributed by atoms with Gasteiger partial charge in [0.2, 0.25) is 0 Å². The van der Waals surface area contributed by atoms with Crippen LogP contribution >= 0.6 is 0 Å². The normalized spacial score (nSPS) is 31.0. The lowest BCUT2D eigenvalue weighted by atomic mass is 9.91. The average molecular weight is 286 g/mol. The molecule has 0 bridgehead atoms. The van der Waals surface area contributed by atoms with Gasteiger partial charge in [-0.05, 0) is 32.9 Å². The molecule has 21 heavy (non-hydrogen) atoms. The van der Waals surface area contributed by atoms with E-state index < -0.39 is 0 Å². The van der Waals surface area contributed by atoms with E-state index in [1.165, 1.54) is 24.5 Å². The van der Waals surface area contributed by atoms with Gasteiger partial charge in [-0.25, -0.2) is 0 Å². The summed E-state index contributed by atoms with van der Waals surface area (Å²) in [5.41, 5.74) is 7.70. The van der Waals surface area contributed by atoms with E-state index in [0.29, 0.717) is 6.04 Å². The second-order valence-corrected chi connectivity index (χ2v) is 7.25. The Morgan fingerprint density at radius 2 is 1.90 bits per heavy atom. The number of allylic oxidation sites excluding steroid dienone is 3. The molecule has 1 atom stereocenters. The fourth-order valence-corrected chi connectivity index (χ4v) is 4.04. The van der Waals surface area contributed by atoms with E-state index in [1.807, 2.05) is 0 Å². The summed E-state index contributed by atoms with van der Waals surface area (Å²) >= 11 is 0. The number of hydrogen-bond acceptors (Lipinski definition) is 4. The number of hydrogen-bond donors (Lipinski definition) is 1. The van der Waals surface area contributed by atoms with Crippen molar-refractivity contribution in [2.45, 2.75) is 31.3 Å². The zero-order valence-electron chi connectivity index (χ0n) is 13.0. The third kappa shape index (κ3) is 2.40. The van der Waals surface area contributed by atoms with Gasteiger partial charge in [0.05, 0.1) is 6.04 Å². The fraction of sp³-hybridized carbons (Fsp3) is 0.647. The van der Waals surface area contributed by atoms with E-state index in [4.69, 9.17) is 5.73 Å². The van der Waals surface area contributed by atoms with Gasteiger partial charge in [-0.3, -0.25) is 0 Å². The third-order valence-corrected chi connectivity index (χ3v) is 5.39. The maximum Gasteiger partial charge on any atom is 0.112 e. The molecule has 0 aromatic carbocycles. The zero-order valence-corrected chi connectivity index (χ0v) is 13.0. The van der Waals surface area contributed by atoms with Crippen LogP contribution in [0.25, 0.3) is 0 Å². The quantitative estimate of drug-likeness (QED) is 0.826. The van der Waals surface area contributed by atoms with Crippen LogP contribution in [0.15, 0.2) is 35.7 Å². The highest BCUT2D eigenvalue weighted by Crippen LogP contribution is 2.33. The molecule has 0 spiro atoms. The Morgan fingerprint density at radius 3 is 2.67 bits per heavy atom. The van der Waals surface area contributed by atoms with Crippen LogP contribution in [0.5, 0.6) is 0 Å². The summed E-state index contributed by atoms with van der Waals surface area (Å²) in [5, 5.41) is 0. The Bertz CT molecular complexity index is 503. The van der Waals surface area contributed by atoms with Gasteiger partial charge in [-0.15, -0.1) is 0 Å². The van der Waals surface area contributed by atoms with Gasteiger partial charge < -0.3 is 20.4 Å². The minimum atomic E-state index is 0.0527. The van der Waals surface area contributed by atoms with Crippen molar-refractivity contribution < 1.29 is 0 Å². The van der Waals surface area contributed by atoms with E-state index >= 15 is 0 Å². The Balaban J connectivity index is 1.45. The lowest BCUT2D eigenvalue weighted by Gasteiger charge is -2.39. The number of likely N-dealkylation sites (tertiary alicyclic amines) is 1. The highest BCUT2D eigenvalue weighted by atomic mass is 15.4. The van der Waals surface area contributed by atoms with E-state index in [2.05, 4.69) is 45.9 Å². The molecule has 0 aliphatic carbocycles. The predicted molar refractivity (Wildman–Crippen MR) is 85.6 cm³/mol. The van der Waals surface area contributed by atoms with Crippen LogP contribution in [0.4, 0.5) is 0 Å². The molecular weight excluding hydrogens is 260 g/mol. The molecule has 0 radical (unpaired) electrons. The van der Waals surface area contributed by atoms with Crippen molar-refractivity contribution in [3.63, 3.8) is 0 Å². The second-order valence-electron chi connectivity index (χ2n) is 7.25. The van der Waals surface area contributed by atoms with E-state index in [-0.39, 0.29) is 5.54 Å². The van der Waals surface area contributed by atoms with Crippen LogP contribution in [0, 0.1) is 0 Å². The fourth-order valence-electron chi connectivity index (χ4n) is 4.04. The van der Waals surface area contributed by atoms with Gasteiger partial charge in [0.25, 0.3) is 0 Å². The summed E-state index contributed by atoms with van der Waals surface area (Å²) in [7, 11) is 0. The summed E-state index contributed by atoms with van der Waals surface area (Å²) in [6.45, 7) is 8.97. The summed E-state index contributed by atoms with van der Waals surface area (Å²) < 4.78 is 0. The highest BCUT2D eigenvalue weighted by molar-refractivity contribution is 5.42. The number of piperidine rings is 1. The maximum atomic E-state index is 6.25. The lowest BCUT2D eigenvalue weighted by Crippen LogP contribution is -2.51. The summed E-state index contributed by atoms with van der Waals surface area (Å²) in [6.07, 6.45) is 11.4. The zero-order chi connectivity index (χ0) is 14.4. The predicted octanol–water partition coefficient (Wildman–Crippen LogP) is 1.14. The minimum absolute atomic E-state index is 0.0527. The molecule has 4 heterocycles. The van der Waals surface area contributed by atoms with Gasteiger partial charge in [0.1, 0.15) is 5.82 Å². The van der Waals surface area contributed by atoms with Crippen molar-refractivity contribution in [3.05, 3.63) is 35.7 Å². The molecule has 0 saturated carbocycles. The molecule has 0 aromatic heterocycles. The molecule has 2 fully saturated rings. The lowest BCUT2D eigenvalue weighted by molar-refractivity contribution is 0.139. The van der Waals surface area contributed by atoms with Gasteiger partial charge in [0, 0.05) is 37.3 Å². The van der Waals surface area contributed by atoms with E-state index in [9.17, 15) is 0 Å². The van der Waals surface area contributed by atoms with Crippen molar-refractivity contribution in [1.29, 1.82) is 0 Å².